The Kier molecular flexibility index (Phi) is 5.09. The summed E-state index contributed by atoms with van der Waals surface area (Å²) in [5, 5.41) is 16.6. The molecule has 1 aliphatic rings. The zero-order chi connectivity index (χ0) is 18.0. The fourth-order valence-electron chi connectivity index (χ4n) is 2.90. The summed E-state index contributed by atoms with van der Waals surface area (Å²) < 4.78 is 22.0. The van der Waals surface area contributed by atoms with E-state index in [2.05, 4.69) is 10.3 Å². The van der Waals surface area contributed by atoms with Crippen LogP contribution in [-0.4, -0.2) is 41.9 Å². The third-order valence-electron chi connectivity index (χ3n) is 4.24. The molecule has 1 N–H and O–H groups in total. The van der Waals surface area contributed by atoms with Gasteiger partial charge in [0, 0.05) is 11.8 Å². The first-order valence-electron chi connectivity index (χ1n) is 8.07. The van der Waals surface area contributed by atoms with Crippen LogP contribution < -0.4 is 11.2 Å². The second-order valence-corrected chi connectivity index (χ2v) is 6.04. The van der Waals surface area contributed by atoms with Crippen LogP contribution in [0.1, 0.15) is 30.3 Å². The van der Waals surface area contributed by atoms with Gasteiger partial charge in [0.15, 0.2) is 0 Å². The fourth-order valence-corrected chi connectivity index (χ4v) is 2.90. The van der Waals surface area contributed by atoms with Crippen LogP contribution in [0, 0.1) is 6.92 Å². The highest BCUT2D eigenvalue weighted by Crippen LogP contribution is 2.26. The molecule has 136 valence electrons. The monoisotopic (exact) mass is 353 g/mol. The van der Waals surface area contributed by atoms with Crippen molar-refractivity contribution in [1.29, 1.82) is 0 Å². The maximum atomic E-state index is 12.7. The standard InChI is InChI=1S/C15H20FN5O4/c1-10-7-21(13-3-2-12(9-22)25-13)15(24)20(14(10)23)5-4-19-8-11(6-16)17-18-19/h7-8,12-13,22H,2-6,9H2,1H3. The topological polar surface area (TPSA) is 104 Å². The molecule has 0 bridgehead atoms. The summed E-state index contributed by atoms with van der Waals surface area (Å²) in [7, 11) is 0. The summed E-state index contributed by atoms with van der Waals surface area (Å²) in [6, 6.07) is 0. The lowest BCUT2D eigenvalue weighted by atomic mass is 10.2. The zero-order valence-corrected chi connectivity index (χ0v) is 13.8. The van der Waals surface area contributed by atoms with Crippen molar-refractivity contribution in [3.05, 3.63) is 44.5 Å². The van der Waals surface area contributed by atoms with E-state index in [9.17, 15) is 19.1 Å². The van der Waals surface area contributed by atoms with E-state index in [0.717, 1.165) is 4.57 Å². The lowest BCUT2D eigenvalue weighted by Gasteiger charge is -2.17. The molecule has 0 aliphatic carbocycles. The molecule has 0 saturated carbocycles. The zero-order valence-electron chi connectivity index (χ0n) is 13.8. The number of rotatable bonds is 6. The Bertz CT molecular complexity index is 858. The Hall–Kier alpha value is -2.33. The number of hydrogen-bond donors (Lipinski definition) is 1. The number of ether oxygens (including phenoxy) is 1. The summed E-state index contributed by atoms with van der Waals surface area (Å²) in [6.45, 7) is 1.11. The van der Waals surface area contributed by atoms with Crippen molar-refractivity contribution in [2.75, 3.05) is 6.61 Å². The molecule has 2 atom stereocenters. The van der Waals surface area contributed by atoms with Gasteiger partial charge in [0.1, 0.15) is 18.6 Å². The Labute approximate surface area is 142 Å². The number of aliphatic hydroxyl groups is 1. The van der Waals surface area contributed by atoms with Gasteiger partial charge in [-0.25, -0.2) is 9.18 Å². The summed E-state index contributed by atoms with van der Waals surface area (Å²) in [4.78, 5) is 25.0. The van der Waals surface area contributed by atoms with E-state index in [1.807, 2.05) is 0 Å². The maximum absolute atomic E-state index is 12.7. The highest BCUT2D eigenvalue weighted by Gasteiger charge is 2.27. The predicted octanol–water partition coefficient (Wildman–Crippen LogP) is -0.250. The fraction of sp³-hybridized carbons (Fsp3) is 0.600. The normalized spacial score (nSPS) is 20.3. The lowest BCUT2D eigenvalue weighted by molar-refractivity contribution is -0.0253. The number of aromatic nitrogens is 5. The number of hydrogen-bond acceptors (Lipinski definition) is 6. The van der Waals surface area contributed by atoms with Crippen molar-refractivity contribution in [3.63, 3.8) is 0 Å². The SMILES string of the molecule is Cc1cn(C2CCC(CO)O2)c(=O)n(CCn2cc(CF)nn2)c1=O. The lowest BCUT2D eigenvalue weighted by Crippen LogP contribution is -2.42. The van der Waals surface area contributed by atoms with E-state index in [-0.39, 0.29) is 37.1 Å². The van der Waals surface area contributed by atoms with E-state index < -0.39 is 18.6 Å². The number of alkyl halides is 1. The van der Waals surface area contributed by atoms with Gasteiger partial charge in [-0.05, 0) is 19.8 Å². The Morgan fingerprint density at radius 3 is 2.76 bits per heavy atom. The summed E-state index contributed by atoms with van der Waals surface area (Å²) >= 11 is 0. The van der Waals surface area contributed by atoms with Gasteiger partial charge in [0.25, 0.3) is 5.56 Å². The molecule has 0 aromatic carbocycles. The van der Waals surface area contributed by atoms with Gasteiger partial charge >= 0.3 is 5.69 Å². The average molecular weight is 353 g/mol. The van der Waals surface area contributed by atoms with Gasteiger partial charge in [-0.1, -0.05) is 5.21 Å². The minimum atomic E-state index is -0.720. The number of nitrogens with zero attached hydrogens (tertiary/aromatic N) is 5. The van der Waals surface area contributed by atoms with E-state index in [4.69, 9.17) is 4.74 Å². The third kappa shape index (κ3) is 3.54. The molecule has 25 heavy (non-hydrogen) atoms. The molecular formula is C15H20FN5O4. The molecule has 9 nitrogen and oxygen atoms in total. The Morgan fingerprint density at radius 2 is 2.12 bits per heavy atom. The molecular weight excluding hydrogens is 333 g/mol. The van der Waals surface area contributed by atoms with Crippen LogP contribution in [0.15, 0.2) is 22.0 Å². The van der Waals surface area contributed by atoms with Crippen LogP contribution in [-0.2, 0) is 24.5 Å². The molecule has 0 radical (unpaired) electrons. The number of aryl methyl sites for hydroxylation is 2. The van der Waals surface area contributed by atoms with Crippen molar-refractivity contribution in [2.45, 2.75) is 51.9 Å². The number of aliphatic hydroxyl groups excluding tert-OH is 1. The second kappa shape index (κ2) is 7.28. The second-order valence-electron chi connectivity index (χ2n) is 6.04. The van der Waals surface area contributed by atoms with Gasteiger partial charge < -0.3 is 9.84 Å². The molecule has 1 aliphatic heterocycles. The molecule has 10 heteroatoms. The van der Waals surface area contributed by atoms with Crippen LogP contribution in [0.2, 0.25) is 0 Å². The van der Waals surface area contributed by atoms with Gasteiger partial charge in [-0.3, -0.25) is 18.6 Å². The van der Waals surface area contributed by atoms with Crippen LogP contribution in [0.3, 0.4) is 0 Å². The molecule has 2 aromatic heterocycles. The van der Waals surface area contributed by atoms with Gasteiger partial charge in [0.05, 0.1) is 32.0 Å². The van der Waals surface area contributed by atoms with Crippen LogP contribution in [0.5, 0.6) is 0 Å². The molecule has 1 fully saturated rings. The Balaban J connectivity index is 1.85. The van der Waals surface area contributed by atoms with E-state index in [1.165, 1.54) is 21.6 Å². The van der Waals surface area contributed by atoms with Crippen molar-refractivity contribution < 1.29 is 14.2 Å². The first-order valence-corrected chi connectivity index (χ1v) is 8.07. The van der Waals surface area contributed by atoms with Crippen LogP contribution >= 0.6 is 0 Å². The predicted molar refractivity (Wildman–Crippen MR) is 84.8 cm³/mol. The molecule has 0 amide bonds. The van der Waals surface area contributed by atoms with Crippen molar-refractivity contribution in [2.24, 2.45) is 0 Å². The number of halogens is 1. The highest BCUT2D eigenvalue weighted by molar-refractivity contribution is 5.03. The smallest absolute Gasteiger partial charge is 0.333 e. The van der Waals surface area contributed by atoms with Gasteiger partial charge in [0.2, 0.25) is 0 Å². The van der Waals surface area contributed by atoms with E-state index >= 15 is 0 Å². The molecule has 3 rings (SSSR count). The van der Waals surface area contributed by atoms with E-state index in [1.54, 1.807) is 6.92 Å². The Morgan fingerprint density at radius 1 is 1.32 bits per heavy atom. The average Bonchev–Trinajstić information content (AvgIpc) is 3.27. The van der Waals surface area contributed by atoms with Crippen molar-refractivity contribution in [3.8, 4) is 0 Å². The van der Waals surface area contributed by atoms with Gasteiger partial charge in [-0.15, -0.1) is 5.10 Å². The van der Waals surface area contributed by atoms with Crippen LogP contribution in [0.4, 0.5) is 4.39 Å². The summed E-state index contributed by atoms with van der Waals surface area (Å²) in [5.41, 5.74) is -0.254. The summed E-state index contributed by atoms with van der Waals surface area (Å²) in [6.07, 6.45) is 3.36. The molecule has 0 spiro atoms. The quantitative estimate of drug-likeness (QED) is 0.768. The van der Waals surface area contributed by atoms with Crippen molar-refractivity contribution in [1.82, 2.24) is 24.1 Å². The van der Waals surface area contributed by atoms with E-state index in [0.29, 0.717) is 18.4 Å². The summed E-state index contributed by atoms with van der Waals surface area (Å²) in [5.74, 6) is 0. The highest BCUT2D eigenvalue weighted by atomic mass is 19.1. The third-order valence-corrected chi connectivity index (χ3v) is 4.24. The molecule has 2 aromatic rings. The minimum absolute atomic E-state index is 0.0879. The van der Waals surface area contributed by atoms with Crippen LogP contribution in [0.25, 0.3) is 0 Å². The first kappa shape index (κ1) is 17.5. The molecule has 2 unspecified atom stereocenters. The molecule has 1 saturated heterocycles. The first-order chi connectivity index (χ1) is 12.0. The largest absolute Gasteiger partial charge is 0.394 e. The molecule has 3 heterocycles. The minimum Gasteiger partial charge on any atom is -0.394 e. The van der Waals surface area contributed by atoms with Gasteiger partial charge in [-0.2, -0.15) is 0 Å². The maximum Gasteiger partial charge on any atom is 0.333 e. The van der Waals surface area contributed by atoms with Crippen molar-refractivity contribution >= 4 is 0 Å².